The van der Waals surface area contributed by atoms with Gasteiger partial charge in [-0.05, 0) is 18.1 Å². The van der Waals surface area contributed by atoms with E-state index in [1.54, 1.807) is 35.8 Å². The molecule has 1 amide bonds. The van der Waals surface area contributed by atoms with Crippen LogP contribution in [0, 0.1) is 0 Å². The second kappa shape index (κ2) is 7.71. The first-order chi connectivity index (χ1) is 12.8. The van der Waals surface area contributed by atoms with E-state index in [1.807, 2.05) is 0 Å². The summed E-state index contributed by atoms with van der Waals surface area (Å²) >= 11 is 7.35. The summed E-state index contributed by atoms with van der Waals surface area (Å²) < 4.78 is 29.9. The van der Waals surface area contributed by atoms with Crippen LogP contribution in [-0.2, 0) is 14.8 Å². The van der Waals surface area contributed by atoms with Gasteiger partial charge in [0.1, 0.15) is 0 Å². The van der Waals surface area contributed by atoms with Crippen LogP contribution in [0.5, 0.6) is 0 Å². The van der Waals surface area contributed by atoms with E-state index >= 15 is 0 Å². The van der Waals surface area contributed by atoms with Gasteiger partial charge in [0.25, 0.3) is 10.0 Å². The predicted octanol–water partition coefficient (Wildman–Crippen LogP) is 3.39. The molecule has 0 unspecified atom stereocenters. The predicted molar refractivity (Wildman–Crippen MR) is 108 cm³/mol. The summed E-state index contributed by atoms with van der Waals surface area (Å²) in [4.78, 5) is 15.6. The number of anilines is 1. The van der Waals surface area contributed by atoms with E-state index in [-0.39, 0.29) is 16.1 Å². The number of hydrogen-bond acceptors (Lipinski definition) is 5. The highest BCUT2D eigenvalue weighted by Crippen LogP contribution is 2.30. The molecule has 1 aromatic carbocycles. The number of nitrogens with one attached hydrogen (secondary N) is 2. The SMILES string of the molecule is C=C(CCNC(C)=O)c1ccccc1NS(=O)(=O)c1c(Cl)nc2sccn12. The average Bonchev–Trinajstić information content (AvgIpc) is 3.14. The van der Waals surface area contributed by atoms with Gasteiger partial charge in [0.05, 0.1) is 5.69 Å². The van der Waals surface area contributed by atoms with Crippen LogP contribution in [0.2, 0.25) is 5.15 Å². The van der Waals surface area contributed by atoms with Crippen LogP contribution < -0.4 is 10.0 Å². The van der Waals surface area contributed by atoms with Gasteiger partial charge in [-0.25, -0.2) is 4.98 Å². The van der Waals surface area contributed by atoms with Crippen LogP contribution in [0.25, 0.3) is 10.5 Å². The van der Waals surface area contributed by atoms with Crippen molar-refractivity contribution in [3.8, 4) is 0 Å². The first-order valence-electron chi connectivity index (χ1n) is 7.95. The van der Waals surface area contributed by atoms with Gasteiger partial charge in [-0.2, -0.15) is 8.42 Å². The third kappa shape index (κ3) is 4.15. The Morgan fingerprint density at radius 3 is 2.85 bits per heavy atom. The number of halogens is 1. The molecule has 0 aliphatic carbocycles. The van der Waals surface area contributed by atoms with E-state index in [1.165, 1.54) is 22.7 Å². The average molecular weight is 425 g/mol. The van der Waals surface area contributed by atoms with E-state index in [0.29, 0.717) is 34.8 Å². The lowest BCUT2D eigenvalue weighted by atomic mass is 10.0. The smallest absolute Gasteiger partial charge is 0.281 e. The highest BCUT2D eigenvalue weighted by atomic mass is 35.5. The summed E-state index contributed by atoms with van der Waals surface area (Å²) in [7, 11) is -3.97. The largest absolute Gasteiger partial charge is 0.356 e. The van der Waals surface area contributed by atoms with Crippen LogP contribution in [0.3, 0.4) is 0 Å². The van der Waals surface area contributed by atoms with E-state index in [4.69, 9.17) is 11.6 Å². The van der Waals surface area contributed by atoms with E-state index in [9.17, 15) is 13.2 Å². The normalized spacial score (nSPS) is 11.5. The Hall–Kier alpha value is -2.36. The van der Waals surface area contributed by atoms with Crippen molar-refractivity contribution in [2.24, 2.45) is 0 Å². The number of para-hydroxylation sites is 1. The third-order valence-corrected chi connectivity index (χ3v) is 6.31. The highest BCUT2D eigenvalue weighted by Gasteiger charge is 2.26. The van der Waals surface area contributed by atoms with Crippen LogP contribution in [0.1, 0.15) is 18.9 Å². The fourth-order valence-electron chi connectivity index (χ4n) is 2.58. The zero-order valence-corrected chi connectivity index (χ0v) is 16.8. The Morgan fingerprint density at radius 2 is 2.11 bits per heavy atom. The van der Waals surface area contributed by atoms with Gasteiger partial charge in [-0.3, -0.25) is 13.9 Å². The summed E-state index contributed by atoms with van der Waals surface area (Å²) in [5.74, 6) is -0.132. The molecule has 3 rings (SSSR count). The number of nitrogens with zero attached hydrogens (tertiary/aromatic N) is 2. The second-order valence-corrected chi connectivity index (χ2v) is 8.58. The lowest BCUT2D eigenvalue weighted by Gasteiger charge is -2.14. The Bertz CT molecular complexity index is 1120. The topological polar surface area (TPSA) is 92.6 Å². The Morgan fingerprint density at radius 1 is 1.37 bits per heavy atom. The van der Waals surface area contributed by atoms with Gasteiger partial charge >= 0.3 is 0 Å². The van der Waals surface area contributed by atoms with Crippen molar-refractivity contribution in [1.29, 1.82) is 0 Å². The first-order valence-corrected chi connectivity index (χ1v) is 10.7. The number of carbonyl (C=O) groups is 1. The number of rotatable bonds is 7. The van der Waals surface area contributed by atoms with Gasteiger partial charge in [0, 0.05) is 30.6 Å². The summed E-state index contributed by atoms with van der Waals surface area (Å²) in [5.41, 5.74) is 1.72. The number of imidazole rings is 1. The molecule has 0 spiro atoms. The standard InChI is InChI=1S/C17H17ClN4O3S2/c1-11(7-8-19-12(2)23)13-5-3-4-6-14(13)21-27(24,25)16-15(18)20-17-22(16)9-10-26-17/h3-6,9-10,21H,1,7-8H2,2H3,(H,19,23). The van der Waals surface area contributed by atoms with Crippen LogP contribution in [0.4, 0.5) is 5.69 Å². The minimum atomic E-state index is -3.97. The lowest BCUT2D eigenvalue weighted by Crippen LogP contribution is -2.21. The number of amides is 1. The lowest BCUT2D eigenvalue weighted by molar-refractivity contribution is -0.118. The molecule has 2 heterocycles. The molecule has 3 aromatic rings. The van der Waals surface area contributed by atoms with Crippen molar-refractivity contribution < 1.29 is 13.2 Å². The number of thiazole rings is 1. The molecular formula is C17H17ClN4O3S2. The van der Waals surface area contributed by atoms with E-state index in [0.717, 1.165) is 0 Å². The maximum atomic E-state index is 12.9. The summed E-state index contributed by atoms with van der Waals surface area (Å²) in [6.45, 7) is 5.86. The molecule has 0 aliphatic heterocycles. The summed E-state index contributed by atoms with van der Waals surface area (Å²) in [6, 6.07) is 6.93. The Labute approximate surface area is 165 Å². The van der Waals surface area contributed by atoms with Gasteiger partial charge in [-0.1, -0.05) is 36.4 Å². The molecule has 0 aliphatic rings. The molecule has 2 aromatic heterocycles. The van der Waals surface area contributed by atoms with Crippen molar-refractivity contribution in [1.82, 2.24) is 14.7 Å². The fourth-order valence-corrected chi connectivity index (χ4v) is 5.11. The number of fused-ring (bicyclic) bond motifs is 1. The molecule has 0 atom stereocenters. The quantitative estimate of drug-likeness (QED) is 0.608. The molecule has 0 bridgehead atoms. The summed E-state index contributed by atoms with van der Waals surface area (Å²) in [6.07, 6.45) is 2.09. The molecule has 0 radical (unpaired) electrons. The Balaban J connectivity index is 1.89. The molecule has 142 valence electrons. The van der Waals surface area contributed by atoms with Crippen molar-refractivity contribution in [2.45, 2.75) is 18.4 Å². The number of hydrogen-bond donors (Lipinski definition) is 2. The van der Waals surface area contributed by atoms with Gasteiger partial charge in [0.15, 0.2) is 15.1 Å². The van der Waals surface area contributed by atoms with Crippen molar-refractivity contribution in [3.05, 3.63) is 53.1 Å². The third-order valence-electron chi connectivity index (χ3n) is 3.79. The number of sulfonamides is 1. The zero-order valence-electron chi connectivity index (χ0n) is 14.4. The maximum absolute atomic E-state index is 12.9. The van der Waals surface area contributed by atoms with Crippen molar-refractivity contribution in [3.63, 3.8) is 0 Å². The maximum Gasteiger partial charge on any atom is 0.281 e. The molecule has 27 heavy (non-hydrogen) atoms. The second-order valence-electron chi connectivity index (χ2n) is 5.75. The van der Waals surface area contributed by atoms with Crippen LogP contribution >= 0.6 is 22.9 Å². The monoisotopic (exact) mass is 424 g/mol. The molecule has 0 saturated heterocycles. The van der Waals surface area contributed by atoms with Gasteiger partial charge < -0.3 is 5.32 Å². The fraction of sp³-hybridized carbons (Fsp3) is 0.176. The van der Waals surface area contributed by atoms with Crippen LogP contribution in [0.15, 0.2) is 47.4 Å². The van der Waals surface area contributed by atoms with Gasteiger partial charge in [0.2, 0.25) is 5.91 Å². The van der Waals surface area contributed by atoms with Crippen molar-refractivity contribution >= 4 is 55.1 Å². The highest BCUT2D eigenvalue weighted by molar-refractivity contribution is 7.92. The minimum Gasteiger partial charge on any atom is -0.356 e. The molecule has 2 N–H and O–H groups in total. The molecule has 10 heteroatoms. The molecule has 7 nitrogen and oxygen atoms in total. The van der Waals surface area contributed by atoms with Crippen molar-refractivity contribution in [2.75, 3.05) is 11.3 Å². The first kappa shape index (κ1) is 19.4. The van der Waals surface area contributed by atoms with E-state index in [2.05, 4.69) is 21.6 Å². The number of aromatic nitrogens is 2. The summed E-state index contributed by atoms with van der Waals surface area (Å²) in [5, 5.41) is 4.23. The molecule has 0 fully saturated rings. The van der Waals surface area contributed by atoms with Gasteiger partial charge in [-0.15, -0.1) is 11.3 Å². The minimum absolute atomic E-state index is 0.0867. The molecular weight excluding hydrogens is 408 g/mol. The number of benzene rings is 1. The zero-order chi connectivity index (χ0) is 19.6. The van der Waals surface area contributed by atoms with E-state index < -0.39 is 10.0 Å². The Kier molecular flexibility index (Phi) is 5.54. The molecule has 0 saturated carbocycles. The van der Waals surface area contributed by atoms with Crippen LogP contribution in [-0.4, -0.2) is 30.3 Å². The number of carbonyl (C=O) groups excluding carboxylic acids is 1.